The van der Waals surface area contributed by atoms with Crippen molar-refractivity contribution in [2.75, 3.05) is 6.54 Å². The number of fused-ring (bicyclic) bond motifs is 1. The fourth-order valence-electron chi connectivity index (χ4n) is 4.72. The summed E-state index contributed by atoms with van der Waals surface area (Å²) in [6, 6.07) is 21.8. The van der Waals surface area contributed by atoms with Gasteiger partial charge in [0, 0.05) is 16.4 Å². The Morgan fingerprint density at radius 3 is 2.33 bits per heavy atom. The smallest absolute Gasteiger partial charge is 0.108 e. The maximum Gasteiger partial charge on any atom is 0.108 e. The fraction of sp³-hybridized carbons (Fsp3) is 0.308. The molecule has 3 atom stereocenters. The maximum absolute atomic E-state index is 3.80. The molecule has 2 aliphatic heterocycles. The van der Waals surface area contributed by atoms with Gasteiger partial charge >= 0.3 is 0 Å². The highest BCUT2D eigenvalue weighted by Gasteiger charge is 2.51. The van der Waals surface area contributed by atoms with Gasteiger partial charge in [-0.25, -0.2) is 5.01 Å². The molecule has 156 valence electrons. The molecule has 0 aliphatic carbocycles. The zero-order valence-corrected chi connectivity index (χ0v) is 19.8. The van der Waals surface area contributed by atoms with Crippen LogP contribution < -0.4 is 10.7 Å². The summed E-state index contributed by atoms with van der Waals surface area (Å²) >= 11 is 2.57. The highest BCUT2D eigenvalue weighted by Crippen LogP contribution is 2.45. The van der Waals surface area contributed by atoms with Crippen LogP contribution in [0.5, 0.6) is 0 Å². The molecule has 3 unspecified atom stereocenters. The lowest BCUT2D eigenvalue weighted by molar-refractivity contribution is 0.0604. The molecule has 30 heavy (non-hydrogen) atoms. The number of halogens is 1. The first-order valence-corrected chi connectivity index (χ1v) is 12.0. The molecule has 0 radical (unpaired) electrons. The van der Waals surface area contributed by atoms with Gasteiger partial charge in [0.15, 0.2) is 0 Å². The first-order valence-electron chi connectivity index (χ1n) is 10.7. The maximum atomic E-state index is 3.80. The van der Waals surface area contributed by atoms with Crippen LogP contribution in [0.4, 0.5) is 0 Å². The summed E-state index contributed by atoms with van der Waals surface area (Å²) in [5.74, 6) is 0.501. The van der Waals surface area contributed by atoms with Crippen LogP contribution in [0.25, 0.3) is 0 Å². The van der Waals surface area contributed by atoms with E-state index in [4.69, 9.17) is 0 Å². The van der Waals surface area contributed by atoms with E-state index in [0.29, 0.717) is 9.84 Å². The summed E-state index contributed by atoms with van der Waals surface area (Å²) in [4.78, 5) is 0. The monoisotopic (exact) mass is 511 g/mol. The molecule has 0 bridgehead atoms. The van der Waals surface area contributed by atoms with Gasteiger partial charge < -0.3 is 5.32 Å². The average Bonchev–Trinajstić information content (AvgIpc) is 3.22. The van der Waals surface area contributed by atoms with Crippen LogP contribution in [0.3, 0.4) is 0 Å². The summed E-state index contributed by atoms with van der Waals surface area (Å²) in [5, 5.41) is 6.12. The van der Waals surface area contributed by atoms with Gasteiger partial charge in [0.1, 0.15) is 5.54 Å². The molecule has 2 aromatic carbocycles. The Bertz CT molecular complexity index is 880. The lowest BCUT2D eigenvalue weighted by atomic mass is 9.75. The molecule has 0 aromatic heterocycles. The molecule has 0 amide bonds. The minimum atomic E-state index is -0.422. The van der Waals surface area contributed by atoms with Crippen LogP contribution in [0, 0.1) is 5.92 Å². The van der Waals surface area contributed by atoms with Crippen molar-refractivity contribution in [3.05, 3.63) is 108 Å². The van der Waals surface area contributed by atoms with E-state index < -0.39 is 5.54 Å². The molecule has 2 N–H and O–H groups in total. The Kier molecular flexibility index (Phi) is 6.76. The van der Waals surface area contributed by atoms with Crippen molar-refractivity contribution in [1.29, 1.82) is 0 Å². The van der Waals surface area contributed by atoms with Crippen LogP contribution in [-0.4, -0.2) is 21.6 Å². The third-order valence-corrected chi connectivity index (χ3v) is 7.51. The van der Waals surface area contributed by atoms with E-state index >= 15 is 0 Å². The second-order valence-corrected chi connectivity index (χ2v) is 9.38. The van der Waals surface area contributed by atoms with Crippen LogP contribution in [0.1, 0.15) is 31.4 Å². The normalized spacial score (nSPS) is 24.8. The second kappa shape index (κ2) is 9.50. The zero-order chi connectivity index (χ0) is 21.0. The quantitative estimate of drug-likeness (QED) is 0.304. The number of nitrogens with one attached hydrogen (secondary N) is 2. The lowest BCUT2D eigenvalue weighted by Crippen LogP contribution is -2.59. The third kappa shape index (κ3) is 3.77. The van der Waals surface area contributed by atoms with Crippen LogP contribution in [0.2, 0.25) is 0 Å². The number of hydrogen-bond acceptors (Lipinski definition) is 3. The Morgan fingerprint density at radius 1 is 1.10 bits per heavy atom. The van der Waals surface area contributed by atoms with Gasteiger partial charge in [0.2, 0.25) is 0 Å². The SMILES string of the molecule is CC/C=C\C=C(/C)C(c1ccccc1)(c1ccccc1)N1NCC2C(I)C=CNC21. The van der Waals surface area contributed by atoms with Crippen molar-refractivity contribution in [2.45, 2.75) is 35.9 Å². The summed E-state index contributed by atoms with van der Waals surface area (Å²) in [7, 11) is 0. The van der Waals surface area contributed by atoms with E-state index in [1.165, 1.54) is 16.7 Å². The number of hydrazine groups is 1. The summed E-state index contributed by atoms with van der Waals surface area (Å²) < 4.78 is 0.500. The number of hydrogen-bond donors (Lipinski definition) is 2. The fourth-order valence-corrected chi connectivity index (χ4v) is 5.58. The first-order chi connectivity index (χ1) is 14.7. The minimum Gasteiger partial charge on any atom is -0.374 e. The predicted octanol–water partition coefficient (Wildman–Crippen LogP) is 5.53. The van der Waals surface area contributed by atoms with Gasteiger partial charge in [-0.05, 0) is 36.2 Å². The van der Waals surface area contributed by atoms with E-state index in [0.717, 1.165) is 13.0 Å². The predicted molar refractivity (Wildman–Crippen MR) is 134 cm³/mol. The molecule has 3 nitrogen and oxygen atoms in total. The minimum absolute atomic E-state index is 0.204. The van der Waals surface area contributed by atoms with Gasteiger partial charge in [-0.3, -0.25) is 5.43 Å². The highest BCUT2D eigenvalue weighted by atomic mass is 127. The summed E-state index contributed by atoms with van der Waals surface area (Å²) in [6.45, 7) is 5.39. The zero-order valence-electron chi connectivity index (χ0n) is 17.6. The number of allylic oxidation sites excluding steroid dienone is 4. The van der Waals surface area contributed by atoms with Crippen LogP contribution in [-0.2, 0) is 5.54 Å². The molecule has 4 rings (SSSR count). The standard InChI is InChI=1S/C26H30IN3/c1-3-4-7-12-20(2)26(21-13-8-5-9-14-21,22-15-10-6-11-16-22)30-25-23(19-29-30)24(27)17-18-28-25/h4-18,23-25,28-29H,3,19H2,1-2H3/b7-4-,20-12+. The molecular formula is C26H30IN3. The average molecular weight is 511 g/mol. The highest BCUT2D eigenvalue weighted by molar-refractivity contribution is 14.1. The molecule has 1 fully saturated rings. The first kappa shape index (κ1) is 21.3. The van der Waals surface area contributed by atoms with Crippen molar-refractivity contribution in [1.82, 2.24) is 15.8 Å². The van der Waals surface area contributed by atoms with E-state index in [1.807, 2.05) is 0 Å². The molecule has 2 aromatic rings. The molecule has 2 aliphatic rings. The number of rotatable bonds is 6. The third-order valence-electron chi connectivity index (χ3n) is 6.17. The molecule has 0 saturated carbocycles. The van der Waals surface area contributed by atoms with Crippen molar-refractivity contribution in [3.63, 3.8) is 0 Å². The molecular weight excluding hydrogens is 481 g/mol. The Labute approximate surface area is 194 Å². The van der Waals surface area contributed by atoms with Crippen LogP contribution in [0.15, 0.2) is 96.7 Å². The van der Waals surface area contributed by atoms with Crippen molar-refractivity contribution in [3.8, 4) is 0 Å². The Hall–Kier alpha value is -1.89. The van der Waals surface area contributed by atoms with Gasteiger partial charge in [0.25, 0.3) is 0 Å². The van der Waals surface area contributed by atoms with Gasteiger partial charge in [-0.1, -0.05) is 114 Å². The Morgan fingerprint density at radius 2 is 1.73 bits per heavy atom. The van der Waals surface area contributed by atoms with Crippen molar-refractivity contribution < 1.29 is 0 Å². The summed E-state index contributed by atoms with van der Waals surface area (Å²) in [6.07, 6.45) is 12.3. The van der Waals surface area contributed by atoms with E-state index in [2.05, 4.69) is 143 Å². The summed E-state index contributed by atoms with van der Waals surface area (Å²) in [5.41, 5.74) is 7.20. The molecule has 2 heterocycles. The lowest BCUT2D eigenvalue weighted by Gasteiger charge is -2.47. The molecule has 1 saturated heterocycles. The van der Waals surface area contributed by atoms with Crippen molar-refractivity contribution >= 4 is 22.6 Å². The van der Waals surface area contributed by atoms with E-state index in [9.17, 15) is 0 Å². The van der Waals surface area contributed by atoms with E-state index in [1.54, 1.807) is 0 Å². The topological polar surface area (TPSA) is 27.3 Å². The Balaban J connectivity index is 1.95. The molecule has 4 heteroatoms. The van der Waals surface area contributed by atoms with Gasteiger partial charge in [-0.15, -0.1) is 0 Å². The van der Waals surface area contributed by atoms with Gasteiger partial charge in [-0.2, -0.15) is 0 Å². The van der Waals surface area contributed by atoms with Gasteiger partial charge in [0.05, 0.1) is 6.17 Å². The second-order valence-electron chi connectivity index (χ2n) is 7.94. The van der Waals surface area contributed by atoms with Crippen LogP contribution >= 0.6 is 22.6 Å². The van der Waals surface area contributed by atoms with Crippen molar-refractivity contribution in [2.24, 2.45) is 5.92 Å². The van der Waals surface area contributed by atoms with E-state index in [-0.39, 0.29) is 6.17 Å². The number of benzene rings is 2. The molecule has 0 spiro atoms. The number of alkyl halides is 1. The number of nitrogens with zero attached hydrogens (tertiary/aromatic N) is 1. The largest absolute Gasteiger partial charge is 0.374 e.